The maximum atomic E-state index is 11.7. The second-order valence-electron chi connectivity index (χ2n) is 5.08. The summed E-state index contributed by atoms with van der Waals surface area (Å²) in [5, 5.41) is 14.8. The molecule has 1 heterocycles. The van der Waals surface area contributed by atoms with Crippen molar-refractivity contribution in [3.8, 4) is 28.4 Å². The van der Waals surface area contributed by atoms with E-state index in [0.717, 1.165) is 17.0 Å². The average Bonchev–Trinajstić information content (AvgIpc) is 2.93. The molecule has 116 valence electrons. The van der Waals surface area contributed by atoms with E-state index in [9.17, 15) is 9.90 Å². The number of ether oxygens (including phenoxy) is 1. The van der Waals surface area contributed by atoms with Gasteiger partial charge in [0.2, 0.25) is 0 Å². The van der Waals surface area contributed by atoms with Crippen LogP contribution in [0.1, 0.15) is 17.4 Å². The van der Waals surface area contributed by atoms with Gasteiger partial charge in [0.05, 0.1) is 12.8 Å². The van der Waals surface area contributed by atoms with E-state index in [-0.39, 0.29) is 17.2 Å². The molecule has 23 heavy (non-hydrogen) atoms. The van der Waals surface area contributed by atoms with Crippen LogP contribution in [0.4, 0.5) is 0 Å². The van der Waals surface area contributed by atoms with Gasteiger partial charge in [-0.15, -0.1) is 0 Å². The zero-order chi connectivity index (χ0) is 16.4. The second kappa shape index (κ2) is 5.96. The summed E-state index contributed by atoms with van der Waals surface area (Å²) in [5.41, 5.74) is 2.05. The van der Waals surface area contributed by atoms with E-state index in [4.69, 9.17) is 4.74 Å². The Hall–Kier alpha value is -3.08. The van der Waals surface area contributed by atoms with Gasteiger partial charge in [-0.2, -0.15) is 5.10 Å². The number of hydrogen-bond donors (Lipinski definition) is 1. The van der Waals surface area contributed by atoms with Gasteiger partial charge in [-0.05, 0) is 24.3 Å². The Labute approximate surface area is 133 Å². The van der Waals surface area contributed by atoms with Crippen molar-refractivity contribution < 1.29 is 14.6 Å². The molecule has 0 aliphatic carbocycles. The molecule has 0 radical (unpaired) electrons. The number of benzene rings is 2. The van der Waals surface area contributed by atoms with Crippen LogP contribution in [-0.4, -0.2) is 27.8 Å². The van der Waals surface area contributed by atoms with Gasteiger partial charge in [0, 0.05) is 12.5 Å². The Morgan fingerprint density at radius 2 is 1.74 bits per heavy atom. The molecule has 0 saturated carbocycles. The highest BCUT2D eigenvalue weighted by Crippen LogP contribution is 2.34. The van der Waals surface area contributed by atoms with Crippen molar-refractivity contribution in [1.82, 2.24) is 9.78 Å². The van der Waals surface area contributed by atoms with Gasteiger partial charge < -0.3 is 9.84 Å². The van der Waals surface area contributed by atoms with Crippen molar-refractivity contribution in [3.05, 3.63) is 60.3 Å². The molecule has 0 aliphatic rings. The van der Waals surface area contributed by atoms with Crippen LogP contribution in [0.25, 0.3) is 16.9 Å². The summed E-state index contributed by atoms with van der Waals surface area (Å²) < 4.78 is 6.72. The fourth-order valence-electron chi connectivity index (χ4n) is 2.41. The fourth-order valence-corrected chi connectivity index (χ4v) is 2.41. The largest absolute Gasteiger partial charge is 0.504 e. The highest BCUT2D eigenvalue weighted by Gasteiger charge is 2.22. The fraction of sp³-hybridized carbons (Fsp3) is 0.111. The van der Waals surface area contributed by atoms with Crippen molar-refractivity contribution in [2.24, 2.45) is 0 Å². The third-order valence-electron chi connectivity index (χ3n) is 3.56. The monoisotopic (exact) mass is 308 g/mol. The van der Waals surface area contributed by atoms with Crippen molar-refractivity contribution in [1.29, 1.82) is 0 Å². The number of rotatable bonds is 4. The van der Waals surface area contributed by atoms with E-state index in [1.54, 1.807) is 23.9 Å². The molecule has 3 rings (SSSR count). The predicted molar refractivity (Wildman–Crippen MR) is 87.2 cm³/mol. The highest BCUT2D eigenvalue weighted by molar-refractivity contribution is 5.97. The molecule has 1 aromatic heterocycles. The van der Waals surface area contributed by atoms with Crippen LogP contribution < -0.4 is 4.74 Å². The molecule has 0 atom stereocenters. The molecular formula is C18H16N2O3. The van der Waals surface area contributed by atoms with Crippen LogP contribution in [0.2, 0.25) is 0 Å². The summed E-state index contributed by atoms with van der Waals surface area (Å²) in [6.07, 6.45) is 0. The van der Waals surface area contributed by atoms with Gasteiger partial charge in [0.1, 0.15) is 11.4 Å². The predicted octanol–water partition coefficient (Wildman–Crippen LogP) is 3.46. The first kappa shape index (κ1) is 14.8. The molecule has 0 amide bonds. The van der Waals surface area contributed by atoms with Gasteiger partial charge >= 0.3 is 0 Å². The van der Waals surface area contributed by atoms with Crippen LogP contribution in [0.3, 0.4) is 0 Å². The minimum atomic E-state index is -0.285. The summed E-state index contributed by atoms with van der Waals surface area (Å²) in [4.78, 5) is 11.7. The van der Waals surface area contributed by atoms with Crippen molar-refractivity contribution in [2.45, 2.75) is 6.92 Å². The summed E-state index contributed by atoms with van der Waals surface area (Å²) in [6.45, 7) is 1.38. The third kappa shape index (κ3) is 2.68. The Bertz CT molecular complexity index is 837. The smallest absolute Gasteiger partial charge is 0.183 e. The first-order chi connectivity index (χ1) is 11.1. The molecule has 2 aromatic carbocycles. The number of Topliss-reactive ketones (excluding diaryl/α,β-unsaturated/α-hetero) is 1. The van der Waals surface area contributed by atoms with Crippen LogP contribution in [0.15, 0.2) is 54.6 Å². The number of carbonyl (C=O) groups is 1. The molecule has 1 N–H and O–H groups in total. The lowest BCUT2D eigenvalue weighted by Crippen LogP contribution is -2.01. The number of hydrogen-bond acceptors (Lipinski definition) is 4. The molecule has 0 saturated heterocycles. The number of aromatic hydroxyl groups is 1. The molecule has 5 heteroatoms. The SMILES string of the molecule is COc1ccc(-n2nc(C(C)=O)c(O)c2-c2ccccc2)cc1. The number of nitrogens with zero attached hydrogens (tertiary/aromatic N) is 2. The minimum Gasteiger partial charge on any atom is -0.504 e. The summed E-state index contributed by atoms with van der Waals surface area (Å²) in [6, 6.07) is 16.6. The summed E-state index contributed by atoms with van der Waals surface area (Å²) >= 11 is 0. The van der Waals surface area contributed by atoms with Crippen LogP contribution in [0.5, 0.6) is 11.5 Å². The summed E-state index contributed by atoms with van der Waals surface area (Å²) in [5.74, 6) is 0.324. The van der Waals surface area contributed by atoms with Crippen LogP contribution >= 0.6 is 0 Å². The lowest BCUT2D eigenvalue weighted by molar-refractivity contribution is 0.101. The van der Waals surface area contributed by atoms with Gasteiger partial charge in [-0.25, -0.2) is 4.68 Å². The van der Waals surface area contributed by atoms with E-state index in [1.807, 2.05) is 42.5 Å². The van der Waals surface area contributed by atoms with Gasteiger partial charge in [0.15, 0.2) is 17.2 Å². The van der Waals surface area contributed by atoms with Gasteiger partial charge in [-0.3, -0.25) is 4.79 Å². The zero-order valence-corrected chi connectivity index (χ0v) is 12.9. The van der Waals surface area contributed by atoms with E-state index in [0.29, 0.717) is 5.69 Å². The Morgan fingerprint density at radius 3 is 2.30 bits per heavy atom. The molecule has 0 unspecified atom stereocenters. The lowest BCUT2D eigenvalue weighted by atomic mass is 10.1. The standard InChI is InChI=1S/C18H16N2O3/c1-12(21)16-18(22)17(13-6-4-3-5-7-13)20(19-16)14-8-10-15(23-2)11-9-14/h3-11,22H,1-2H3. The first-order valence-electron chi connectivity index (χ1n) is 7.14. The maximum Gasteiger partial charge on any atom is 0.183 e. The molecule has 3 aromatic rings. The second-order valence-corrected chi connectivity index (χ2v) is 5.08. The Balaban J connectivity index is 2.22. The normalized spacial score (nSPS) is 10.5. The summed E-state index contributed by atoms with van der Waals surface area (Å²) in [7, 11) is 1.60. The topological polar surface area (TPSA) is 64.4 Å². The molecule has 0 spiro atoms. The van der Waals surface area contributed by atoms with Crippen molar-refractivity contribution in [3.63, 3.8) is 0 Å². The number of aromatic nitrogens is 2. The maximum absolute atomic E-state index is 11.7. The van der Waals surface area contributed by atoms with Crippen LogP contribution in [-0.2, 0) is 0 Å². The van der Waals surface area contributed by atoms with E-state index in [1.165, 1.54) is 6.92 Å². The molecular weight excluding hydrogens is 292 g/mol. The highest BCUT2D eigenvalue weighted by atomic mass is 16.5. The zero-order valence-electron chi connectivity index (χ0n) is 12.9. The molecule has 0 fully saturated rings. The van der Waals surface area contributed by atoms with Crippen molar-refractivity contribution in [2.75, 3.05) is 7.11 Å². The quantitative estimate of drug-likeness (QED) is 0.750. The van der Waals surface area contributed by atoms with Crippen molar-refractivity contribution >= 4 is 5.78 Å². The lowest BCUT2D eigenvalue weighted by Gasteiger charge is -2.08. The number of carbonyl (C=O) groups excluding carboxylic acids is 1. The molecule has 5 nitrogen and oxygen atoms in total. The third-order valence-corrected chi connectivity index (χ3v) is 3.56. The molecule has 0 aliphatic heterocycles. The Morgan fingerprint density at radius 1 is 1.09 bits per heavy atom. The van der Waals surface area contributed by atoms with Gasteiger partial charge in [0.25, 0.3) is 0 Å². The number of ketones is 1. The molecule has 0 bridgehead atoms. The Kier molecular flexibility index (Phi) is 3.85. The van der Waals surface area contributed by atoms with E-state index < -0.39 is 0 Å². The van der Waals surface area contributed by atoms with E-state index >= 15 is 0 Å². The first-order valence-corrected chi connectivity index (χ1v) is 7.14. The van der Waals surface area contributed by atoms with Gasteiger partial charge in [-0.1, -0.05) is 30.3 Å². The minimum absolute atomic E-state index is 0.0553. The van der Waals surface area contributed by atoms with E-state index in [2.05, 4.69) is 5.10 Å². The average molecular weight is 308 g/mol. The van der Waals surface area contributed by atoms with Crippen LogP contribution in [0, 0.1) is 0 Å². The number of methoxy groups -OCH3 is 1.